The number of fused-ring (bicyclic) bond motifs is 1. The number of hydrogen-bond donors (Lipinski definition) is 2. The average Bonchev–Trinajstić information content (AvgIpc) is 2.47. The van der Waals surface area contributed by atoms with Crippen LogP contribution < -0.4 is 15.5 Å². The van der Waals surface area contributed by atoms with E-state index in [-0.39, 0.29) is 0 Å². The third-order valence-electron chi connectivity index (χ3n) is 3.57. The molecular formula is C16H19N3. The van der Waals surface area contributed by atoms with E-state index < -0.39 is 0 Å². The first-order valence-electron chi connectivity index (χ1n) is 6.61. The summed E-state index contributed by atoms with van der Waals surface area (Å²) in [5, 5.41) is 7.06. The van der Waals surface area contributed by atoms with Crippen molar-refractivity contribution in [1.29, 1.82) is 0 Å². The van der Waals surface area contributed by atoms with Crippen molar-refractivity contribution in [3.05, 3.63) is 54.1 Å². The zero-order chi connectivity index (χ0) is 13.2. The Bertz CT molecular complexity index is 560. The van der Waals surface area contributed by atoms with Crippen LogP contribution in [0.2, 0.25) is 0 Å². The Morgan fingerprint density at radius 2 is 1.63 bits per heavy atom. The van der Waals surface area contributed by atoms with Crippen molar-refractivity contribution >= 4 is 17.1 Å². The van der Waals surface area contributed by atoms with E-state index in [2.05, 4.69) is 78.2 Å². The molecule has 2 aromatic carbocycles. The molecule has 0 amide bonds. The first-order chi connectivity index (χ1) is 9.24. The molecule has 2 aromatic rings. The largest absolute Gasteiger partial charge is 0.381 e. The summed E-state index contributed by atoms with van der Waals surface area (Å²) in [5.41, 5.74) is 4.90. The Kier molecular flexibility index (Phi) is 3.03. The number of para-hydroxylation sites is 2. The first-order valence-corrected chi connectivity index (χ1v) is 6.61. The predicted molar refractivity (Wildman–Crippen MR) is 82.1 cm³/mol. The Balaban J connectivity index is 1.81. The van der Waals surface area contributed by atoms with Crippen molar-refractivity contribution < 1.29 is 0 Å². The molecular weight excluding hydrogens is 234 g/mol. The summed E-state index contributed by atoms with van der Waals surface area (Å²) in [6, 6.07) is 17.4. The summed E-state index contributed by atoms with van der Waals surface area (Å²) in [5.74, 6) is 0. The molecule has 0 radical (unpaired) electrons. The molecule has 0 saturated carbocycles. The monoisotopic (exact) mass is 253 g/mol. The maximum atomic E-state index is 3.59. The van der Waals surface area contributed by atoms with E-state index in [0.29, 0.717) is 6.04 Å². The fourth-order valence-corrected chi connectivity index (χ4v) is 2.42. The molecule has 3 nitrogen and oxygen atoms in total. The van der Waals surface area contributed by atoms with Crippen LogP contribution in [0.4, 0.5) is 17.1 Å². The molecule has 2 N–H and O–H groups in total. The van der Waals surface area contributed by atoms with Gasteiger partial charge < -0.3 is 15.5 Å². The van der Waals surface area contributed by atoms with Crippen LogP contribution in [0.15, 0.2) is 48.5 Å². The summed E-state index contributed by atoms with van der Waals surface area (Å²) in [6.07, 6.45) is 0. The standard InChI is InChI=1S/C16H19N3/c1-19(2)13-9-7-12(8-10-13)16-11-17-14-5-3-4-6-15(14)18-16/h3-10,16-18H,11H2,1-2H3/t16-/m1/s1. The molecule has 1 heterocycles. The van der Waals surface area contributed by atoms with Gasteiger partial charge in [-0.15, -0.1) is 0 Å². The number of anilines is 3. The van der Waals surface area contributed by atoms with Crippen molar-refractivity contribution in [1.82, 2.24) is 0 Å². The van der Waals surface area contributed by atoms with Gasteiger partial charge in [-0.25, -0.2) is 0 Å². The zero-order valence-corrected chi connectivity index (χ0v) is 11.4. The molecule has 0 fully saturated rings. The Hall–Kier alpha value is -2.16. The van der Waals surface area contributed by atoms with Gasteiger partial charge in [0.1, 0.15) is 0 Å². The summed E-state index contributed by atoms with van der Waals surface area (Å²) in [4.78, 5) is 2.12. The van der Waals surface area contributed by atoms with E-state index in [1.165, 1.54) is 22.6 Å². The van der Waals surface area contributed by atoms with Gasteiger partial charge in [0.15, 0.2) is 0 Å². The van der Waals surface area contributed by atoms with Crippen LogP contribution in [-0.4, -0.2) is 20.6 Å². The summed E-state index contributed by atoms with van der Waals surface area (Å²) < 4.78 is 0. The van der Waals surface area contributed by atoms with E-state index in [4.69, 9.17) is 0 Å². The third-order valence-corrected chi connectivity index (χ3v) is 3.57. The first kappa shape index (κ1) is 11.9. The van der Waals surface area contributed by atoms with E-state index in [1.807, 2.05) is 0 Å². The van der Waals surface area contributed by atoms with Crippen LogP contribution in [0.3, 0.4) is 0 Å². The lowest BCUT2D eigenvalue weighted by Crippen LogP contribution is -2.25. The molecule has 19 heavy (non-hydrogen) atoms. The maximum Gasteiger partial charge on any atom is 0.0687 e. The summed E-state index contributed by atoms with van der Waals surface area (Å²) in [6.45, 7) is 0.915. The minimum atomic E-state index is 0.325. The molecule has 98 valence electrons. The van der Waals surface area contributed by atoms with E-state index in [9.17, 15) is 0 Å². The normalized spacial score (nSPS) is 17.1. The van der Waals surface area contributed by atoms with Crippen LogP contribution in [0, 0.1) is 0 Å². The molecule has 1 atom stereocenters. The van der Waals surface area contributed by atoms with Gasteiger partial charge in [-0.2, -0.15) is 0 Å². The SMILES string of the molecule is CN(C)c1ccc([C@H]2CNc3ccccc3N2)cc1. The quantitative estimate of drug-likeness (QED) is 0.859. The van der Waals surface area contributed by atoms with Gasteiger partial charge in [0.2, 0.25) is 0 Å². The Labute approximate surface area is 114 Å². The molecule has 1 aliphatic heterocycles. The topological polar surface area (TPSA) is 27.3 Å². The van der Waals surface area contributed by atoms with Gasteiger partial charge in [-0.3, -0.25) is 0 Å². The number of benzene rings is 2. The Morgan fingerprint density at radius 1 is 0.947 bits per heavy atom. The highest BCUT2D eigenvalue weighted by Crippen LogP contribution is 2.31. The molecule has 0 bridgehead atoms. The van der Waals surface area contributed by atoms with Gasteiger partial charge in [-0.05, 0) is 29.8 Å². The summed E-state index contributed by atoms with van der Waals surface area (Å²) in [7, 11) is 4.12. The number of nitrogens with zero attached hydrogens (tertiary/aromatic N) is 1. The predicted octanol–water partition coefficient (Wildman–Crippen LogP) is 3.33. The lowest BCUT2D eigenvalue weighted by atomic mass is 10.0. The molecule has 0 aromatic heterocycles. The van der Waals surface area contributed by atoms with Crippen molar-refractivity contribution in [2.24, 2.45) is 0 Å². The summed E-state index contributed by atoms with van der Waals surface area (Å²) >= 11 is 0. The molecule has 0 aliphatic carbocycles. The smallest absolute Gasteiger partial charge is 0.0687 e. The lowest BCUT2D eigenvalue weighted by molar-refractivity contribution is 0.803. The average molecular weight is 253 g/mol. The zero-order valence-electron chi connectivity index (χ0n) is 11.4. The van der Waals surface area contributed by atoms with Gasteiger partial charge in [0.05, 0.1) is 17.4 Å². The van der Waals surface area contributed by atoms with E-state index in [1.54, 1.807) is 0 Å². The van der Waals surface area contributed by atoms with Crippen molar-refractivity contribution in [3.63, 3.8) is 0 Å². The van der Waals surface area contributed by atoms with Crippen LogP contribution in [-0.2, 0) is 0 Å². The van der Waals surface area contributed by atoms with E-state index in [0.717, 1.165) is 6.54 Å². The highest BCUT2D eigenvalue weighted by molar-refractivity contribution is 5.71. The minimum Gasteiger partial charge on any atom is -0.381 e. The van der Waals surface area contributed by atoms with Crippen molar-refractivity contribution in [3.8, 4) is 0 Å². The van der Waals surface area contributed by atoms with Crippen molar-refractivity contribution in [2.45, 2.75) is 6.04 Å². The highest BCUT2D eigenvalue weighted by Gasteiger charge is 2.17. The van der Waals surface area contributed by atoms with Gasteiger partial charge in [-0.1, -0.05) is 24.3 Å². The molecule has 3 heteroatoms. The molecule has 0 saturated heterocycles. The van der Waals surface area contributed by atoms with Crippen molar-refractivity contribution in [2.75, 3.05) is 36.2 Å². The minimum absolute atomic E-state index is 0.325. The second kappa shape index (κ2) is 4.84. The van der Waals surface area contributed by atoms with Crippen LogP contribution in [0.5, 0.6) is 0 Å². The maximum absolute atomic E-state index is 3.59. The molecule has 0 spiro atoms. The molecule has 3 rings (SSSR count). The highest BCUT2D eigenvalue weighted by atomic mass is 15.1. The number of nitrogens with one attached hydrogen (secondary N) is 2. The van der Waals surface area contributed by atoms with Crippen LogP contribution >= 0.6 is 0 Å². The Morgan fingerprint density at radius 3 is 2.32 bits per heavy atom. The fourth-order valence-electron chi connectivity index (χ4n) is 2.42. The van der Waals surface area contributed by atoms with Gasteiger partial charge >= 0.3 is 0 Å². The third kappa shape index (κ3) is 2.36. The van der Waals surface area contributed by atoms with Crippen LogP contribution in [0.1, 0.15) is 11.6 Å². The van der Waals surface area contributed by atoms with Gasteiger partial charge in [0, 0.05) is 26.3 Å². The number of rotatable bonds is 2. The number of hydrogen-bond acceptors (Lipinski definition) is 3. The van der Waals surface area contributed by atoms with Crippen LogP contribution in [0.25, 0.3) is 0 Å². The lowest BCUT2D eigenvalue weighted by Gasteiger charge is -2.29. The molecule has 0 unspecified atom stereocenters. The fraction of sp³-hybridized carbons (Fsp3) is 0.250. The van der Waals surface area contributed by atoms with Gasteiger partial charge in [0.25, 0.3) is 0 Å². The molecule has 1 aliphatic rings. The van der Waals surface area contributed by atoms with E-state index >= 15 is 0 Å². The second-order valence-corrected chi connectivity index (χ2v) is 5.11. The second-order valence-electron chi connectivity index (χ2n) is 5.11.